The van der Waals surface area contributed by atoms with Gasteiger partial charge in [0.05, 0.1) is 17.8 Å². The van der Waals surface area contributed by atoms with Gasteiger partial charge < -0.3 is 15.3 Å². The molecule has 1 saturated carbocycles. The van der Waals surface area contributed by atoms with Crippen molar-refractivity contribution in [3.05, 3.63) is 65.3 Å². The molecular weight excluding hydrogens is 420 g/mol. The first kappa shape index (κ1) is 28.6. The Morgan fingerprint density at radius 1 is 1.06 bits per heavy atom. The van der Waals surface area contributed by atoms with Crippen molar-refractivity contribution >= 4 is 5.57 Å². The summed E-state index contributed by atoms with van der Waals surface area (Å²) in [7, 11) is 0. The van der Waals surface area contributed by atoms with Gasteiger partial charge in [0.1, 0.15) is 0 Å². The summed E-state index contributed by atoms with van der Waals surface area (Å²) in [6.45, 7) is 10.1. The van der Waals surface area contributed by atoms with Crippen molar-refractivity contribution < 1.29 is 15.3 Å². The van der Waals surface area contributed by atoms with E-state index in [1.54, 1.807) is 0 Å². The molecular formula is C31H48O3. The highest BCUT2D eigenvalue weighted by atomic mass is 16.3. The monoisotopic (exact) mass is 468 g/mol. The highest BCUT2D eigenvalue weighted by Gasteiger charge is 2.24. The number of hydrogen-bond acceptors (Lipinski definition) is 3. The molecule has 0 radical (unpaired) electrons. The van der Waals surface area contributed by atoms with Crippen LogP contribution < -0.4 is 0 Å². The third-order valence-corrected chi connectivity index (χ3v) is 6.85. The van der Waals surface area contributed by atoms with E-state index in [9.17, 15) is 15.3 Å². The zero-order valence-corrected chi connectivity index (χ0v) is 21.9. The summed E-state index contributed by atoms with van der Waals surface area (Å²) >= 11 is 0. The fraction of sp³-hybridized carbons (Fsp3) is 0.613. The van der Waals surface area contributed by atoms with Gasteiger partial charge in [-0.3, -0.25) is 0 Å². The fourth-order valence-electron chi connectivity index (χ4n) is 4.69. The molecule has 2 rings (SSSR count). The molecule has 1 unspecified atom stereocenters. The van der Waals surface area contributed by atoms with Gasteiger partial charge in [0.15, 0.2) is 0 Å². The minimum Gasteiger partial charge on any atom is -0.393 e. The molecule has 0 heterocycles. The van der Waals surface area contributed by atoms with E-state index in [1.807, 2.05) is 13.8 Å². The van der Waals surface area contributed by atoms with Crippen LogP contribution in [0.4, 0.5) is 0 Å². The van der Waals surface area contributed by atoms with Crippen LogP contribution in [-0.2, 0) is 6.42 Å². The molecule has 0 amide bonds. The van der Waals surface area contributed by atoms with Gasteiger partial charge >= 0.3 is 0 Å². The van der Waals surface area contributed by atoms with Gasteiger partial charge in [-0.25, -0.2) is 0 Å². The van der Waals surface area contributed by atoms with E-state index in [-0.39, 0.29) is 0 Å². The third kappa shape index (κ3) is 10.7. The Bertz CT molecular complexity index is 812. The molecule has 3 N–H and O–H groups in total. The number of aryl methyl sites for hydroxylation is 1. The molecule has 0 saturated heterocycles. The Morgan fingerprint density at radius 2 is 1.79 bits per heavy atom. The molecule has 0 spiro atoms. The van der Waals surface area contributed by atoms with Gasteiger partial charge in [-0.1, -0.05) is 88.4 Å². The van der Waals surface area contributed by atoms with Crippen LogP contribution in [0.25, 0.3) is 5.57 Å². The van der Waals surface area contributed by atoms with E-state index in [2.05, 4.69) is 49.9 Å². The van der Waals surface area contributed by atoms with Crippen molar-refractivity contribution in [2.75, 3.05) is 0 Å². The minimum absolute atomic E-state index is 0.377. The zero-order valence-electron chi connectivity index (χ0n) is 21.9. The Kier molecular flexibility index (Phi) is 12.3. The van der Waals surface area contributed by atoms with E-state index in [0.717, 1.165) is 49.7 Å². The van der Waals surface area contributed by atoms with Crippen LogP contribution in [0.1, 0.15) is 109 Å². The largest absolute Gasteiger partial charge is 0.393 e. The smallest absolute Gasteiger partial charge is 0.0811 e. The van der Waals surface area contributed by atoms with Gasteiger partial charge in [0.2, 0.25) is 0 Å². The van der Waals surface area contributed by atoms with Gasteiger partial charge in [-0.2, -0.15) is 0 Å². The van der Waals surface area contributed by atoms with Gasteiger partial charge in [0.25, 0.3) is 0 Å². The summed E-state index contributed by atoms with van der Waals surface area (Å²) in [4.78, 5) is 0. The number of aliphatic hydroxyl groups excluding tert-OH is 2. The van der Waals surface area contributed by atoms with Crippen LogP contribution >= 0.6 is 0 Å². The number of rotatable bonds is 14. The molecule has 1 aromatic rings. The molecule has 0 bridgehead atoms. The van der Waals surface area contributed by atoms with Crippen molar-refractivity contribution in [3.63, 3.8) is 0 Å². The van der Waals surface area contributed by atoms with Crippen LogP contribution in [0.15, 0.2) is 54.1 Å². The summed E-state index contributed by atoms with van der Waals surface area (Å²) in [5, 5.41) is 30.2. The highest BCUT2D eigenvalue weighted by molar-refractivity contribution is 5.68. The first-order chi connectivity index (χ1) is 16.2. The van der Waals surface area contributed by atoms with Gasteiger partial charge in [-0.05, 0) is 80.2 Å². The van der Waals surface area contributed by atoms with Gasteiger partial charge in [0, 0.05) is 6.42 Å². The van der Waals surface area contributed by atoms with E-state index in [0.29, 0.717) is 12.8 Å². The topological polar surface area (TPSA) is 60.7 Å². The van der Waals surface area contributed by atoms with E-state index >= 15 is 0 Å². The average molecular weight is 469 g/mol. The number of unbranched alkanes of at least 4 members (excludes halogenated alkanes) is 6. The van der Waals surface area contributed by atoms with Crippen LogP contribution in [0.2, 0.25) is 0 Å². The Balaban J connectivity index is 2.10. The maximum absolute atomic E-state index is 10.2. The summed E-state index contributed by atoms with van der Waals surface area (Å²) in [6, 6.07) is 8.90. The predicted octanol–water partition coefficient (Wildman–Crippen LogP) is 7.30. The molecule has 0 aliphatic heterocycles. The third-order valence-electron chi connectivity index (χ3n) is 6.85. The zero-order chi connectivity index (χ0) is 25.0. The standard InChI is InChI=1S/C31H48O3/c1-5-6-7-8-11-16-26(18-19-27-22-29(32)23-30(33)24(27)2)28-17-13-15-25(21-28)14-10-9-12-20-31(3,4)34/h13,15,17-19,21,29-30,32-34H,2,5-12,14,16,20,22-23H2,1,3-4H3/b26-18+,27-19-/t29-,30?/m1/s1. The molecule has 1 aliphatic carbocycles. The number of hydrogen-bond donors (Lipinski definition) is 3. The van der Waals surface area contributed by atoms with Crippen LogP contribution in [0.3, 0.4) is 0 Å². The lowest BCUT2D eigenvalue weighted by Gasteiger charge is -2.26. The molecule has 3 nitrogen and oxygen atoms in total. The van der Waals surface area contributed by atoms with Crippen molar-refractivity contribution in [2.24, 2.45) is 0 Å². The summed E-state index contributed by atoms with van der Waals surface area (Å²) < 4.78 is 0. The minimum atomic E-state index is -0.652. The summed E-state index contributed by atoms with van der Waals surface area (Å²) in [5.41, 5.74) is 5.07. The second-order valence-electron chi connectivity index (χ2n) is 10.8. The van der Waals surface area contributed by atoms with Crippen molar-refractivity contribution in [3.8, 4) is 0 Å². The van der Waals surface area contributed by atoms with Crippen LogP contribution in [0.5, 0.6) is 0 Å². The second-order valence-corrected chi connectivity index (χ2v) is 10.8. The predicted molar refractivity (Wildman–Crippen MR) is 145 cm³/mol. The lowest BCUT2D eigenvalue weighted by molar-refractivity contribution is 0.0680. The summed E-state index contributed by atoms with van der Waals surface area (Å²) in [6.07, 6.45) is 16.5. The maximum atomic E-state index is 10.2. The van der Waals surface area contributed by atoms with E-state index in [4.69, 9.17) is 0 Å². The molecule has 2 atom stereocenters. The molecule has 1 fully saturated rings. The maximum Gasteiger partial charge on any atom is 0.0811 e. The van der Waals surface area contributed by atoms with Crippen molar-refractivity contribution in [2.45, 2.75) is 122 Å². The molecule has 34 heavy (non-hydrogen) atoms. The molecule has 0 aromatic heterocycles. The number of aliphatic hydroxyl groups is 3. The Hall–Kier alpha value is -1.68. The second kappa shape index (κ2) is 14.7. The Labute approximate surface area is 208 Å². The van der Waals surface area contributed by atoms with E-state index in [1.165, 1.54) is 48.8 Å². The molecule has 3 heteroatoms. The van der Waals surface area contributed by atoms with Crippen molar-refractivity contribution in [1.82, 2.24) is 0 Å². The lowest BCUT2D eigenvalue weighted by Crippen LogP contribution is -2.26. The first-order valence-electron chi connectivity index (χ1n) is 13.5. The Morgan fingerprint density at radius 3 is 2.53 bits per heavy atom. The first-order valence-corrected chi connectivity index (χ1v) is 13.5. The lowest BCUT2D eigenvalue weighted by atomic mass is 9.85. The highest BCUT2D eigenvalue weighted by Crippen LogP contribution is 2.30. The number of benzene rings is 1. The molecule has 1 aliphatic rings. The van der Waals surface area contributed by atoms with Crippen molar-refractivity contribution in [1.29, 1.82) is 0 Å². The quantitative estimate of drug-likeness (QED) is 0.251. The van der Waals surface area contributed by atoms with Crippen LogP contribution in [0, 0.1) is 0 Å². The number of allylic oxidation sites excluding steroid dienone is 3. The van der Waals surface area contributed by atoms with Gasteiger partial charge in [-0.15, -0.1) is 0 Å². The van der Waals surface area contributed by atoms with E-state index < -0.39 is 17.8 Å². The SMILES string of the molecule is C=C1/C(=C\C=C(/CCCCCCC)c2cccc(CCCCCC(C)(C)O)c2)C[C@@H](O)CC1O. The normalized spacial score (nSPS) is 20.8. The molecule has 190 valence electrons. The summed E-state index contributed by atoms with van der Waals surface area (Å²) in [5.74, 6) is 0. The average Bonchev–Trinajstić information content (AvgIpc) is 2.78. The fourth-order valence-corrected chi connectivity index (χ4v) is 4.69. The van der Waals surface area contributed by atoms with Crippen LogP contribution in [-0.4, -0.2) is 33.1 Å². The molecule has 1 aromatic carbocycles.